The van der Waals surface area contributed by atoms with Gasteiger partial charge in [0.15, 0.2) is 21.9 Å². The number of benzene rings is 2. The van der Waals surface area contributed by atoms with Gasteiger partial charge in [0, 0.05) is 25.0 Å². The van der Waals surface area contributed by atoms with Gasteiger partial charge >= 0.3 is 7.60 Å². The number of aromatic nitrogens is 3. The molecule has 0 fully saturated rings. The second-order valence-corrected chi connectivity index (χ2v) is 12.6. The van der Waals surface area contributed by atoms with Crippen molar-refractivity contribution >= 4 is 29.2 Å². The summed E-state index contributed by atoms with van der Waals surface area (Å²) in [5.41, 5.74) is 0.189. The van der Waals surface area contributed by atoms with Crippen LogP contribution in [0.3, 0.4) is 0 Å². The molecule has 1 atom stereocenters. The Balaban J connectivity index is 1.82. The maximum absolute atomic E-state index is 13.1. The average molecular weight is 597 g/mol. The standard InChI is InChI=1S/C25H33N4O9PS/c1-6-35-39(31,36-7-2)17-29-26-15-24(28-29)27-25(30)19-12-21(37-18(3)16-34-4)14-22(13-19)38-20-8-10-23(11-9-20)40(5,32)33/h8-15,18H,6-7,16-17H2,1-5H3,(H,27,28,30)/t18-/m0/s1. The molecule has 0 aliphatic carbocycles. The molecule has 1 N–H and O–H groups in total. The number of carbonyl (C=O) groups is 1. The number of hydrogen-bond acceptors (Lipinski definition) is 11. The highest BCUT2D eigenvalue weighted by Crippen LogP contribution is 2.49. The highest BCUT2D eigenvalue weighted by atomic mass is 32.2. The van der Waals surface area contributed by atoms with Crippen LogP contribution in [0.5, 0.6) is 17.2 Å². The Bertz CT molecular complexity index is 1430. The first kappa shape index (κ1) is 31.2. The second-order valence-electron chi connectivity index (χ2n) is 8.57. The fraction of sp³-hybridized carbons (Fsp3) is 0.400. The lowest BCUT2D eigenvalue weighted by atomic mass is 10.2. The fourth-order valence-electron chi connectivity index (χ4n) is 3.50. The van der Waals surface area contributed by atoms with E-state index in [-0.39, 0.29) is 47.6 Å². The van der Waals surface area contributed by atoms with Gasteiger partial charge in [0.25, 0.3) is 5.91 Å². The number of anilines is 1. The minimum absolute atomic E-state index is 0.113. The summed E-state index contributed by atoms with van der Waals surface area (Å²) in [6, 6.07) is 10.5. The van der Waals surface area contributed by atoms with E-state index in [0.717, 1.165) is 11.1 Å². The van der Waals surface area contributed by atoms with Gasteiger partial charge in [-0.25, -0.2) is 8.42 Å². The van der Waals surface area contributed by atoms with Crippen LogP contribution in [-0.2, 0) is 34.5 Å². The van der Waals surface area contributed by atoms with E-state index in [4.69, 9.17) is 23.3 Å². The van der Waals surface area contributed by atoms with Crippen molar-refractivity contribution in [1.29, 1.82) is 0 Å². The number of amides is 1. The van der Waals surface area contributed by atoms with Crippen molar-refractivity contribution < 1.29 is 41.0 Å². The maximum atomic E-state index is 13.1. The largest absolute Gasteiger partial charge is 0.488 e. The van der Waals surface area contributed by atoms with Crippen LogP contribution >= 0.6 is 7.60 Å². The van der Waals surface area contributed by atoms with E-state index in [1.165, 1.54) is 42.6 Å². The topological polar surface area (TPSA) is 157 Å². The predicted molar refractivity (Wildman–Crippen MR) is 147 cm³/mol. The van der Waals surface area contributed by atoms with Gasteiger partial charge in [-0.1, -0.05) is 0 Å². The Hall–Kier alpha value is -3.29. The zero-order valence-corrected chi connectivity index (χ0v) is 24.6. The predicted octanol–water partition coefficient (Wildman–Crippen LogP) is 4.36. The summed E-state index contributed by atoms with van der Waals surface area (Å²) in [5, 5.41) is 10.8. The first-order valence-corrected chi connectivity index (χ1v) is 15.9. The Morgan fingerprint density at radius 2 is 1.70 bits per heavy atom. The van der Waals surface area contributed by atoms with Gasteiger partial charge in [0.2, 0.25) is 0 Å². The van der Waals surface area contributed by atoms with E-state index in [9.17, 15) is 17.8 Å². The van der Waals surface area contributed by atoms with E-state index in [0.29, 0.717) is 18.1 Å². The minimum atomic E-state index is -3.45. The number of nitrogens with zero attached hydrogens (tertiary/aromatic N) is 3. The maximum Gasteiger partial charge on any atom is 0.353 e. The summed E-state index contributed by atoms with van der Waals surface area (Å²) < 4.78 is 63.7. The molecule has 0 radical (unpaired) electrons. The minimum Gasteiger partial charge on any atom is -0.488 e. The molecule has 1 amide bonds. The number of hydrogen-bond donors (Lipinski definition) is 1. The van der Waals surface area contributed by atoms with Crippen LogP contribution in [0, 0.1) is 0 Å². The Labute approximate surface area is 233 Å². The lowest BCUT2D eigenvalue weighted by Gasteiger charge is -2.16. The molecule has 0 saturated carbocycles. The number of nitrogens with one attached hydrogen (secondary N) is 1. The zero-order chi connectivity index (χ0) is 29.3. The molecule has 0 spiro atoms. The number of carbonyl (C=O) groups excluding carboxylic acids is 1. The van der Waals surface area contributed by atoms with Crippen LogP contribution in [0.15, 0.2) is 53.6 Å². The third-order valence-electron chi connectivity index (χ3n) is 5.10. The molecule has 15 heteroatoms. The van der Waals surface area contributed by atoms with Crippen LogP contribution in [0.4, 0.5) is 5.82 Å². The molecule has 13 nitrogen and oxygen atoms in total. The summed E-state index contributed by atoms with van der Waals surface area (Å²) in [4.78, 5) is 14.4. The first-order chi connectivity index (χ1) is 18.9. The van der Waals surface area contributed by atoms with Gasteiger partial charge in [0.05, 0.1) is 30.9 Å². The molecule has 3 rings (SSSR count). The van der Waals surface area contributed by atoms with Gasteiger partial charge in [-0.3, -0.25) is 9.36 Å². The van der Waals surface area contributed by atoms with Crippen LogP contribution < -0.4 is 14.8 Å². The Morgan fingerprint density at radius 3 is 2.30 bits per heavy atom. The molecule has 0 aliphatic heterocycles. The summed E-state index contributed by atoms with van der Waals surface area (Å²) in [6.07, 6.45) is 1.88. The first-order valence-electron chi connectivity index (χ1n) is 12.3. The van der Waals surface area contributed by atoms with E-state index >= 15 is 0 Å². The average Bonchev–Trinajstić information content (AvgIpc) is 3.30. The molecule has 1 aromatic heterocycles. The van der Waals surface area contributed by atoms with Crippen LogP contribution in [0.25, 0.3) is 0 Å². The number of rotatable bonds is 15. The molecule has 0 aliphatic rings. The van der Waals surface area contributed by atoms with Crippen molar-refractivity contribution in [2.45, 2.75) is 38.1 Å². The van der Waals surface area contributed by atoms with E-state index in [1.807, 2.05) is 6.92 Å². The molecular formula is C25H33N4O9PS. The SMILES string of the molecule is CCOP(=O)(Cn1ncc(NC(=O)c2cc(Oc3ccc(S(C)(=O)=O)cc3)cc(O[C@@H](C)COC)c2)n1)OCC. The normalized spacial score (nSPS) is 12.6. The van der Waals surface area contributed by atoms with Crippen molar-refractivity contribution in [2.24, 2.45) is 0 Å². The van der Waals surface area contributed by atoms with Crippen molar-refractivity contribution in [3.05, 3.63) is 54.2 Å². The lowest BCUT2D eigenvalue weighted by molar-refractivity contribution is 0.0915. The fourth-order valence-corrected chi connectivity index (χ4v) is 5.60. The van der Waals surface area contributed by atoms with Crippen LogP contribution in [0.2, 0.25) is 0 Å². The summed E-state index contributed by atoms with van der Waals surface area (Å²) in [5.74, 6) is 0.557. The summed E-state index contributed by atoms with van der Waals surface area (Å²) >= 11 is 0. The van der Waals surface area contributed by atoms with Gasteiger partial charge in [0.1, 0.15) is 23.4 Å². The van der Waals surface area contributed by atoms with Gasteiger partial charge in [-0.2, -0.15) is 9.90 Å². The number of ether oxygens (including phenoxy) is 3. The van der Waals surface area contributed by atoms with E-state index < -0.39 is 23.3 Å². The smallest absolute Gasteiger partial charge is 0.353 e. The molecule has 1 heterocycles. The quantitative estimate of drug-likeness (QED) is 0.249. The molecule has 0 unspecified atom stereocenters. The van der Waals surface area contributed by atoms with Gasteiger partial charge < -0.3 is 28.6 Å². The zero-order valence-electron chi connectivity index (χ0n) is 22.9. The summed E-state index contributed by atoms with van der Waals surface area (Å²) in [7, 11) is -5.26. The Kier molecular flexibility index (Phi) is 10.8. The molecule has 0 saturated heterocycles. The lowest BCUT2D eigenvalue weighted by Crippen LogP contribution is -2.18. The molecule has 3 aromatic rings. The molecule has 40 heavy (non-hydrogen) atoms. The summed E-state index contributed by atoms with van der Waals surface area (Å²) in [6.45, 7) is 5.90. The van der Waals surface area contributed by atoms with Crippen molar-refractivity contribution in [3.63, 3.8) is 0 Å². The third-order valence-corrected chi connectivity index (χ3v) is 8.13. The highest BCUT2D eigenvalue weighted by Gasteiger charge is 2.26. The molecule has 2 aromatic carbocycles. The molecule has 218 valence electrons. The van der Waals surface area contributed by atoms with Crippen molar-refractivity contribution in [3.8, 4) is 17.2 Å². The number of methoxy groups -OCH3 is 1. The van der Waals surface area contributed by atoms with E-state index in [2.05, 4.69) is 15.5 Å². The third kappa shape index (κ3) is 9.14. The van der Waals surface area contributed by atoms with Gasteiger partial charge in [-0.15, -0.1) is 5.10 Å². The van der Waals surface area contributed by atoms with Crippen molar-refractivity contribution in [1.82, 2.24) is 15.0 Å². The highest BCUT2D eigenvalue weighted by molar-refractivity contribution is 7.90. The molecule has 0 bridgehead atoms. The van der Waals surface area contributed by atoms with Crippen LogP contribution in [0.1, 0.15) is 31.1 Å². The van der Waals surface area contributed by atoms with E-state index in [1.54, 1.807) is 27.0 Å². The second kappa shape index (κ2) is 13.9. The van der Waals surface area contributed by atoms with Gasteiger partial charge in [-0.05, 0) is 57.2 Å². The number of sulfone groups is 1. The van der Waals surface area contributed by atoms with Crippen LogP contribution in [-0.4, -0.2) is 68.6 Å². The molecular weight excluding hydrogens is 563 g/mol. The monoisotopic (exact) mass is 596 g/mol. The van der Waals surface area contributed by atoms with Crippen molar-refractivity contribution in [2.75, 3.05) is 38.5 Å². The Morgan fingerprint density at radius 1 is 1.05 bits per heavy atom.